The van der Waals surface area contributed by atoms with E-state index in [1.165, 1.54) is 30.6 Å². The molecule has 4 nitrogen and oxygen atoms in total. The van der Waals surface area contributed by atoms with Crippen molar-refractivity contribution in [2.24, 2.45) is 12.2 Å². The van der Waals surface area contributed by atoms with Crippen molar-refractivity contribution in [2.75, 3.05) is 6.26 Å². The van der Waals surface area contributed by atoms with E-state index in [0.717, 1.165) is 24.4 Å². The Morgan fingerprint density at radius 2 is 2.21 bits per heavy atom. The minimum absolute atomic E-state index is 0.780. The molecule has 0 aliphatic heterocycles. The van der Waals surface area contributed by atoms with Gasteiger partial charge in [0.15, 0.2) is 11.4 Å². The van der Waals surface area contributed by atoms with Gasteiger partial charge in [-0.3, -0.25) is 0 Å². The third-order valence-electron chi connectivity index (χ3n) is 3.19. The average molecular weight is 282 g/mol. The van der Waals surface area contributed by atoms with Crippen LogP contribution in [-0.4, -0.2) is 22.2 Å². The van der Waals surface area contributed by atoms with Crippen LogP contribution in [0.5, 0.6) is 0 Å². The first kappa shape index (κ1) is 15.8. The molecule has 19 heavy (non-hydrogen) atoms. The number of aromatic nitrogens is 2. The van der Waals surface area contributed by atoms with E-state index in [4.69, 9.17) is 5.21 Å². The molecule has 0 unspecified atom stereocenters. The summed E-state index contributed by atoms with van der Waals surface area (Å²) in [5.74, 6) is 0. The average Bonchev–Trinajstić information content (AvgIpc) is 2.65. The van der Waals surface area contributed by atoms with Gasteiger partial charge < -0.3 is 5.21 Å². The maximum atomic E-state index is 8.84. The van der Waals surface area contributed by atoms with E-state index in [9.17, 15) is 0 Å². The van der Waals surface area contributed by atoms with Crippen LogP contribution in [-0.2, 0) is 20.0 Å². The van der Waals surface area contributed by atoms with Gasteiger partial charge in [0.25, 0.3) is 0 Å². The second-order valence-electron chi connectivity index (χ2n) is 4.47. The fraction of sp³-hybridized carbons (Fsp3) is 0.571. The summed E-state index contributed by atoms with van der Waals surface area (Å²) in [6.45, 7) is 7.03. The van der Waals surface area contributed by atoms with Crippen molar-refractivity contribution in [3.8, 4) is 0 Å². The molecular weight excluding hydrogens is 258 g/mol. The molecule has 1 aromatic heterocycles. The van der Waals surface area contributed by atoms with Gasteiger partial charge in [0, 0.05) is 6.42 Å². The van der Waals surface area contributed by atoms with Crippen LogP contribution in [0.3, 0.4) is 0 Å². The van der Waals surface area contributed by atoms with Gasteiger partial charge in [-0.25, -0.2) is 9.13 Å². The Labute approximate surface area is 119 Å². The van der Waals surface area contributed by atoms with Crippen molar-refractivity contribution in [1.29, 1.82) is 0 Å². The number of unbranched alkanes of at least 4 members (excludes halogenated alkanes) is 2. The Bertz CT molecular complexity index is 452. The van der Waals surface area contributed by atoms with Crippen molar-refractivity contribution in [1.82, 2.24) is 4.57 Å². The Balaban J connectivity index is 3.22. The van der Waals surface area contributed by atoms with Gasteiger partial charge in [0.1, 0.15) is 6.21 Å². The van der Waals surface area contributed by atoms with Crippen molar-refractivity contribution in [3.05, 3.63) is 24.0 Å². The number of imidazole rings is 1. The van der Waals surface area contributed by atoms with E-state index in [2.05, 4.69) is 34.0 Å². The monoisotopic (exact) mass is 282 g/mol. The third-order valence-corrected chi connectivity index (χ3v) is 4.05. The molecule has 1 rings (SSSR count). The number of hydrogen-bond acceptors (Lipinski definition) is 3. The quantitative estimate of drug-likeness (QED) is 0.151. The molecule has 106 valence electrons. The smallest absolute Gasteiger partial charge is 0.318 e. The molecule has 0 amide bonds. The lowest BCUT2D eigenvalue weighted by atomic mass is 10.2. The molecule has 5 heteroatoms. The summed E-state index contributed by atoms with van der Waals surface area (Å²) in [4.78, 5) is 0. The van der Waals surface area contributed by atoms with Crippen LogP contribution in [0.2, 0.25) is 0 Å². The number of allylic oxidation sites excluding steroid dienone is 1. The molecule has 0 fully saturated rings. The fourth-order valence-corrected chi connectivity index (χ4v) is 3.09. The van der Waals surface area contributed by atoms with Gasteiger partial charge in [0.2, 0.25) is 0 Å². The second kappa shape index (κ2) is 8.04. The first-order valence-corrected chi connectivity index (χ1v) is 7.87. The van der Waals surface area contributed by atoms with E-state index < -0.39 is 0 Å². The molecule has 0 radical (unpaired) electrons. The summed E-state index contributed by atoms with van der Waals surface area (Å²) < 4.78 is 4.40. The summed E-state index contributed by atoms with van der Waals surface area (Å²) in [5.41, 5.74) is 2.11. The highest BCUT2D eigenvalue weighted by Crippen LogP contribution is 2.19. The van der Waals surface area contributed by atoms with E-state index in [1.54, 1.807) is 11.8 Å². The van der Waals surface area contributed by atoms with Crippen molar-refractivity contribution in [3.63, 3.8) is 0 Å². The van der Waals surface area contributed by atoms with Crippen molar-refractivity contribution >= 4 is 18.0 Å². The molecule has 1 N–H and O–H groups in total. The summed E-state index contributed by atoms with van der Waals surface area (Å²) >= 11 is 1.72. The lowest BCUT2D eigenvalue weighted by Crippen LogP contribution is -2.34. The van der Waals surface area contributed by atoms with Gasteiger partial charge in [-0.05, 0) is 30.9 Å². The Hall–Kier alpha value is -1.23. The highest BCUT2D eigenvalue weighted by atomic mass is 32.2. The van der Waals surface area contributed by atoms with Gasteiger partial charge >= 0.3 is 5.16 Å². The van der Waals surface area contributed by atoms with E-state index in [-0.39, 0.29) is 0 Å². The van der Waals surface area contributed by atoms with Crippen molar-refractivity contribution < 1.29 is 9.77 Å². The molecule has 0 aliphatic rings. The highest BCUT2D eigenvalue weighted by molar-refractivity contribution is 7.98. The molecular formula is C14H24N3OS+. The van der Waals surface area contributed by atoms with Crippen LogP contribution < -0.4 is 4.57 Å². The van der Waals surface area contributed by atoms with Crippen LogP contribution in [0.1, 0.15) is 37.6 Å². The number of rotatable bonds is 8. The molecule has 1 heterocycles. The van der Waals surface area contributed by atoms with Gasteiger partial charge in [-0.1, -0.05) is 24.6 Å². The molecule has 0 aliphatic carbocycles. The predicted octanol–water partition coefficient (Wildman–Crippen LogP) is 2.76. The van der Waals surface area contributed by atoms with Crippen LogP contribution >= 0.6 is 11.8 Å². The van der Waals surface area contributed by atoms with Crippen molar-refractivity contribution in [2.45, 2.75) is 44.3 Å². The van der Waals surface area contributed by atoms with E-state index in [1.807, 2.05) is 13.1 Å². The maximum Gasteiger partial charge on any atom is 0.318 e. The third kappa shape index (κ3) is 3.62. The Kier molecular flexibility index (Phi) is 6.70. The van der Waals surface area contributed by atoms with Crippen LogP contribution in [0.4, 0.5) is 0 Å². The molecule has 0 saturated carbocycles. The zero-order chi connectivity index (χ0) is 14.3. The summed E-state index contributed by atoms with van der Waals surface area (Å²) in [6.07, 6.45) is 9.86. The molecule has 0 bridgehead atoms. The standard InChI is InChI=1S/C14H23N3OS/c1-5-7-8-10-17-12(9-6-2)13(11-15-18)16(3)14(17)19-4/h6,11H,2,5,7-10H2,1,3-4H3/p+1. The molecule has 1 aromatic rings. The molecule has 0 aromatic carbocycles. The van der Waals surface area contributed by atoms with Gasteiger partial charge in [0.05, 0.1) is 13.6 Å². The van der Waals surface area contributed by atoms with Crippen LogP contribution in [0, 0.1) is 0 Å². The Morgan fingerprint density at radius 1 is 1.47 bits per heavy atom. The van der Waals surface area contributed by atoms with E-state index >= 15 is 0 Å². The van der Waals surface area contributed by atoms with Gasteiger partial charge in [-0.2, -0.15) is 0 Å². The zero-order valence-electron chi connectivity index (χ0n) is 12.1. The normalized spacial score (nSPS) is 11.3. The topological polar surface area (TPSA) is 41.4 Å². The summed E-state index contributed by atoms with van der Waals surface area (Å²) in [7, 11) is 2.01. The number of hydrogen-bond donors (Lipinski definition) is 1. The summed E-state index contributed by atoms with van der Waals surface area (Å²) in [6, 6.07) is 0. The zero-order valence-corrected chi connectivity index (χ0v) is 12.9. The minimum atomic E-state index is 0.780. The largest absolute Gasteiger partial charge is 0.411 e. The highest BCUT2D eigenvalue weighted by Gasteiger charge is 2.26. The fourth-order valence-electron chi connectivity index (χ4n) is 2.30. The van der Waals surface area contributed by atoms with Crippen LogP contribution in [0.25, 0.3) is 0 Å². The first-order chi connectivity index (χ1) is 9.21. The lowest BCUT2D eigenvalue weighted by Gasteiger charge is -2.02. The second-order valence-corrected chi connectivity index (χ2v) is 5.25. The maximum absolute atomic E-state index is 8.84. The van der Waals surface area contributed by atoms with Gasteiger partial charge in [-0.15, -0.1) is 6.58 Å². The Morgan fingerprint density at radius 3 is 2.74 bits per heavy atom. The van der Waals surface area contributed by atoms with Crippen LogP contribution in [0.15, 0.2) is 23.0 Å². The lowest BCUT2D eigenvalue weighted by molar-refractivity contribution is -0.710. The molecule has 0 spiro atoms. The number of oxime groups is 1. The molecule has 0 atom stereocenters. The predicted molar refractivity (Wildman–Crippen MR) is 80.2 cm³/mol. The number of thioether (sulfide) groups is 1. The molecule has 0 saturated heterocycles. The SMILES string of the molecule is C=CCc1c(C=NO)[n+](C)c(SC)n1CCCCC. The first-order valence-electron chi connectivity index (χ1n) is 6.64. The summed E-state index contributed by atoms with van der Waals surface area (Å²) in [5, 5.41) is 13.2. The number of nitrogens with zero attached hydrogens (tertiary/aromatic N) is 3. The minimum Gasteiger partial charge on any atom is -0.411 e. The van der Waals surface area contributed by atoms with E-state index in [0.29, 0.717) is 0 Å².